The second kappa shape index (κ2) is 8.33. The zero-order valence-electron chi connectivity index (χ0n) is 13.8. The summed E-state index contributed by atoms with van der Waals surface area (Å²) < 4.78 is 5.28. The van der Waals surface area contributed by atoms with E-state index < -0.39 is 17.7 Å². The first kappa shape index (κ1) is 18.7. The number of piperidine rings is 1. The van der Waals surface area contributed by atoms with Gasteiger partial charge in [-0.15, -0.1) is 0 Å². The van der Waals surface area contributed by atoms with Crippen LogP contribution in [0.1, 0.15) is 40.0 Å². The highest BCUT2D eigenvalue weighted by molar-refractivity contribution is 5.68. The number of likely N-dealkylation sites (tertiary alicyclic amines) is 1. The summed E-state index contributed by atoms with van der Waals surface area (Å²) in [6, 6.07) is -0.0334. The molecule has 1 aliphatic heterocycles. The molecule has 7 heteroatoms. The fourth-order valence-corrected chi connectivity index (χ4v) is 2.78. The lowest BCUT2D eigenvalue weighted by Gasteiger charge is -2.38. The third-order valence-electron chi connectivity index (χ3n) is 3.55. The number of alkyl carbamates (subject to hydrolysis) is 1. The van der Waals surface area contributed by atoms with E-state index in [4.69, 9.17) is 15.6 Å². The zero-order chi connectivity index (χ0) is 16.8. The van der Waals surface area contributed by atoms with E-state index in [-0.39, 0.29) is 18.4 Å². The molecule has 22 heavy (non-hydrogen) atoms. The van der Waals surface area contributed by atoms with E-state index in [0.717, 1.165) is 26.1 Å². The van der Waals surface area contributed by atoms with Crippen LogP contribution in [0.25, 0.3) is 0 Å². The van der Waals surface area contributed by atoms with Crippen LogP contribution < -0.4 is 11.1 Å². The topological polar surface area (TPSA) is 105 Å². The van der Waals surface area contributed by atoms with Crippen molar-refractivity contribution in [3.63, 3.8) is 0 Å². The number of carbonyl (C=O) groups excluding carboxylic acids is 1. The first-order chi connectivity index (χ1) is 10.2. The Morgan fingerprint density at radius 2 is 2.05 bits per heavy atom. The molecule has 0 bridgehead atoms. The van der Waals surface area contributed by atoms with E-state index >= 15 is 0 Å². The van der Waals surface area contributed by atoms with Gasteiger partial charge in [0.2, 0.25) is 0 Å². The molecular formula is C15H29N3O4. The largest absolute Gasteiger partial charge is 0.481 e. The number of nitrogens with one attached hydrogen (secondary N) is 1. The highest BCUT2D eigenvalue weighted by Crippen LogP contribution is 2.21. The number of hydrogen-bond acceptors (Lipinski definition) is 5. The molecule has 0 radical (unpaired) electrons. The minimum Gasteiger partial charge on any atom is -0.481 e. The highest BCUT2D eigenvalue weighted by atomic mass is 16.6. The van der Waals surface area contributed by atoms with E-state index in [9.17, 15) is 9.59 Å². The number of carboxylic acids is 1. The van der Waals surface area contributed by atoms with Crippen molar-refractivity contribution in [1.29, 1.82) is 0 Å². The monoisotopic (exact) mass is 315 g/mol. The van der Waals surface area contributed by atoms with Gasteiger partial charge in [0.25, 0.3) is 0 Å². The van der Waals surface area contributed by atoms with Gasteiger partial charge in [0, 0.05) is 38.6 Å². The summed E-state index contributed by atoms with van der Waals surface area (Å²) in [5, 5.41) is 11.7. The number of hydrogen-bond donors (Lipinski definition) is 3. The van der Waals surface area contributed by atoms with Gasteiger partial charge < -0.3 is 20.9 Å². The molecule has 0 aliphatic carbocycles. The first-order valence-electron chi connectivity index (χ1n) is 7.83. The SMILES string of the molecule is CC(C)(C)OC(=O)NC1CC(CCC(=O)O)CN(CCN)C1. The third kappa shape index (κ3) is 7.61. The van der Waals surface area contributed by atoms with Crippen LogP contribution in [0.4, 0.5) is 4.79 Å². The Morgan fingerprint density at radius 3 is 2.59 bits per heavy atom. The second-order valence-corrected chi connectivity index (χ2v) is 6.93. The number of rotatable bonds is 6. The molecule has 2 unspecified atom stereocenters. The number of aliphatic carboxylic acids is 1. The number of nitrogens with two attached hydrogens (primary N) is 1. The van der Waals surface area contributed by atoms with Crippen LogP contribution in [-0.4, -0.2) is 59.9 Å². The van der Waals surface area contributed by atoms with Crippen molar-refractivity contribution >= 4 is 12.1 Å². The Labute approximate surface area is 132 Å². The summed E-state index contributed by atoms with van der Waals surface area (Å²) in [6.07, 6.45) is 1.11. The zero-order valence-corrected chi connectivity index (χ0v) is 13.8. The third-order valence-corrected chi connectivity index (χ3v) is 3.55. The molecule has 1 heterocycles. The van der Waals surface area contributed by atoms with Gasteiger partial charge >= 0.3 is 12.1 Å². The molecule has 1 saturated heterocycles. The molecule has 0 aromatic carbocycles. The van der Waals surface area contributed by atoms with Crippen molar-refractivity contribution in [3.8, 4) is 0 Å². The Kier molecular flexibility index (Phi) is 7.09. The average molecular weight is 315 g/mol. The lowest BCUT2D eigenvalue weighted by molar-refractivity contribution is -0.137. The molecule has 1 aliphatic rings. The van der Waals surface area contributed by atoms with Crippen molar-refractivity contribution in [2.45, 2.75) is 51.7 Å². The van der Waals surface area contributed by atoms with Gasteiger partial charge in [-0.3, -0.25) is 9.69 Å². The summed E-state index contributed by atoms with van der Waals surface area (Å²) >= 11 is 0. The van der Waals surface area contributed by atoms with Gasteiger partial charge in [-0.05, 0) is 39.5 Å². The molecule has 1 amide bonds. The number of nitrogens with zero attached hydrogens (tertiary/aromatic N) is 1. The molecule has 2 atom stereocenters. The van der Waals surface area contributed by atoms with Crippen LogP contribution in [0.5, 0.6) is 0 Å². The smallest absolute Gasteiger partial charge is 0.407 e. The maximum Gasteiger partial charge on any atom is 0.407 e. The lowest BCUT2D eigenvalue weighted by atomic mass is 9.90. The number of carbonyl (C=O) groups is 2. The molecule has 0 saturated carbocycles. The van der Waals surface area contributed by atoms with Gasteiger partial charge in [-0.2, -0.15) is 0 Å². The summed E-state index contributed by atoms with van der Waals surface area (Å²) in [5.41, 5.74) is 5.08. The van der Waals surface area contributed by atoms with Crippen LogP contribution in [0, 0.1) is 5.92 Å². The Morgan fingerprint density at radius 1 is 1.36 bits per heavy atom. The first-order valence-corrected chi connectivity index (χ1v) is 7.83. The van der Waals surface area contributed by atoms with Crippen molar-refractivity contribution in [1.82, 2.24) is 10.2 Å². The Bertz CT molecular complexity index is 381. The van der Waals surface area contributed by atoms with Crippen LogP contribution >= 0.6 is 0 Å². The van der Waals surface area contributed by atoms with Crippen LogP contribution in [0.2, 0.25) is 0 Å². The van der Waals surface area contributed by atoms with Crippen molar-refractivity contribution in [3.05, 3.63) is 0 Å². The predicted molar refractivity (Wildman–Crippen MR) is 83.6 cm³/mol. The predicted octanol–water partition coefficient (Wildman–Crippen LogP) is 1.03. The lowest BCUT2D eigenvalue weighted by Crippen LogP contribution is -2.52. The van der Waals surface area contributed by atoms with E-state index in [1.54, 1.807) is 0 Å². The molecule has 0 aromatic rings. The van der Waals surface area contributed by atoms with Crippen LogP contribution in [0.3, 0.4) is 0 Å². The Hall–Kier alpha value is -1.34. The van der Waals surface area contributed by atoms with Gasteiger partial charge in [0.15, 0.2) is 0 Å². The summed E-state index contributed by atoms with van der Waals surface area (Å²) in [6.45, 7) is 8.31. The van der Waals surface area contributed by atoms with Crippen LogP contribution in [-0.2, 0) is 9.53 Å². The molecule has 0 spiro atoms. The fourth-order valence-electron chi connectivity index (χ4n) is 2.78. The van der Waals surface area contributed by atoms with E-state index in [1.807, 2.05) is 20.8 Å². The summed E-state index contributed by atoms with van der Waals surface area (Å²) in [4.78, 5) is 24.8. The number of carboxylic acid groups (broad SMARTS) is 1. The minimum absolute atomic E-state index is 0.0334. The number of ether oxygens (including phenoxy) is 1. The second-order valence-electron chi connectivity index (χ2n) is 6.93. The quantitative estimate of drug-likeness (QED) is 0.676. The molecule has 1 rings (SSSR count). The molecule has 128 valence electrons. The molecular weight excluding hydrogens is 286 g/mol. The maximum absolute atomic E-state index is 11.9. The molecule has 1 fully saturated rings. The van der Waals surface area contributed by atoms with E-state index in [0.29, 0.717) is 13.0 Å². The van der Waals surface area contributed by atoms with Gasteiger partial charge in [0.05, 0.1) is 0 Å². The average Bonchev–Trinajstić information content (AvgIpc) is 2.34. The molecule has 4 N–H and O–H groups in total. The van der Waals surface area contributed by atoms with Crippen LogP contribution in [0.15, 0.2) is 0 Å². The van der Waals surface area contributed by atoms with Gasteiger partial charge in [-0.1, -0.05) is 0 Å². The van der Waals surface area contributed by atoms with E-state index in [1.165, 1.54) is 0 Å². The number of amides is 1. The molecule has 7 nitrogen and oxygen atoms in total. The normalized spacial score (nSPS) is 23.1. The van der Waals surface area contributed by atoms with Crippen molar-refractivity contribution < 1.29 is 19.4 Å². The fraction of sp³-hybridized carbons (Fsp3) is 0.867. The minimum atomic E-state index is -0.785. The van der Waals surface area contributed by atoms with E-state index in [2.05, 4.69) is 10.2 Å². The standard InChI is InChI=1S/C15H29N3O4/c1-15(2,3)22-14(21)17-12-8-11(4-5-13(19)20)9-18(10-12)7-6-16/h11-12H,4-10,16H2,1-3H3,(H,17,21)(H,19,20). The summed E-state index contributed by atoms with van der Waals surface area (Å²) in [7, 11) is 0. The summed E-state index contributed by atoms with van der Waals surface area (Å²) in [5.74, 6) is -0.538. The van der Waals surface area contributed by atoms with Crippen molar-refractivity contribution in [2.75, 3.05) is 26.2 Å². The molecule has 0 aromatic heterocycles. The maximum atomic E-state index is 11.9. The Balaban J connectivity index is 2.56. The van der Waals surface area contributed by atoms with Crippen molar-refractivity contribution in [2.24, 2.45) is 11.7 Å². The highest BCUT2D eigenvalue weighted by Gasteiger charge is 2.29. The van der Waals surface area contributed by atoms with Gasteiger partial charge in [0.1, 0.15) is 5.60 Å². The van der Waals surface area contributed by atoms with Gasteiger partial charge in [-0.25, -0.2) is 4.79 Å².